The number of hydrogen-bond acceptors (Lipinski definition) is 4. The van der Waals surface area contributed by atoms with Gasteiger partial charge in [0.25, 0.3) is 11.5 Å². The summed E-state index contributed by atoms with van der Waals surface area (Å²) in [5, 5.41) is 5.08. The van der Waals surface area contributed by atoms with Gasteiger partial charge in [0.2, 0.25) is 0 Å². The molecule has 0 fully saturated rings. The van der Waals surface area contributed by atoms with E-state index in [1.165, 1.54) is 7.05 Å². The first-order valence-electron chi connectivity index (χ1n) is 7.36. The molecule has 1 aromatic carbocycles. The maximum absolute atomic E-state index is 12.0. The summed E-state index contributed by atoms with van der Waals surface area (Å²) in [6.45, 7) is 3.07. The molecule has 1 atom stereocenters. The second kappa shape index (κ2) is 7.50. The van der Waals surface area contributed by atoms with Crippen molar-refractivity contribution in [2.24, 2.45) is 0 Å². The third-order valence-corrected chi connectivity index (χ3v) is 3.47. The molecule has 2 rings (SSSR count). The van der Waals surface area contributed by atoms with E-state index >= 15 is 0 Å². The molecule has 4 N–H and O–H groups in total. The Kier molecular flexibility index (Phi) is 5.42. The van der Waals surface area contributed by atoms with Crippen LogP contribution in [0.15, 0.2) is 29.1 Å². The van der Waals surface area contributed by atoms with Crippen molar-refractivity contribution in [3.05, 3.63) is 40.4 Å². The molecule has 0 radical (unpaired) electrons. The van der Waals surface area contributed by atoms with E-state index in [1.807, 2.05) is 13.0 Å². The van der Waals surface area contributed by atoms with Crippen LogP contribution in [0.3, 0.4) is 0 Å². The highest BCUT2D eigenvalue weighted by Crippen LogP contribution is 2.04. The quantitative estimate of drug-likeness (QED) is 0.554. The van der Waals surface area contributed by atoms with Gasteiger partial charge in [0, 0.05) is 7.05 Å². The Morgan fingerprint density at radius 3 is 2.74 bits per heavy atom. The summed E-state index contributed by atoms with van der Waals surface area (Å²) in [5.74, 6) is 0.127. The number of quaternary nitrogens is 1. The SMILES string of the molecule is CC[NH+](CC(=O)NC(=O)NC)Cc1nc2ccccc2c(=O)[nH]1. The minimum atomic E-state index is -0.539. The van der Waals surface area contributed by atoms with Crippen molar-refractivity contribution in [3.63, 3.8) is 0 Å². The van der Waals surface area contributed by atoms with Crippen molar-refractivity contribution in [3.8, 4) is 0 Å². The van der Waals surface area contributed by atoms with Crippen molar-refractivity contribution in [1.29, 1.82) is 0 Å². The van der Waals surface area contributed by atoms with E-state index in [9.17, 15) is 14.4 Å². The number of para-hydroxylation sites is 1. The number of nitrogens with zero attached hydrogens (tertiary/aromatic N) is 1. The highest BCUT2D eigenvalue weighted by Gasteiger charge is 2.16. The molecular weight excluding hydrogens is 298 g/mol. The Morgan fingerprint density at radius 1 is 1.30 bits per heavy atom. The third-order valence-electron chi connectivity index (χ3n) is 3.47. The molecule has 0 spiro atoms. The lowest BCUT2D eigenvalue weighted by Gasteiger charge is -2.16. The second-order valence-electron chi connectivity index (χ2n) is 5.11. The summed E-state index contributed by atoms with van der Waals surface area (Å²) in [6.07, 6.45) is 0. The minimum absolute atomic E-state index is 0.112. The summed E-state index contributed by atoms with van der Waals surface area (Å²) < 4.78 is 0. The number of fused-ring (bicyclic) bond motifs is 1. The first kappa shape index (κ1) is 16.6. The average Bonchev–Trinajstić information content (AvgIpc) is 2.54. The van der Waals surface area contributed by atoms with E-state index in [4.69, 9.17) is 0 Å². The smallest absolute Gasteiger partial charge is 0.321 e. The van der Waals surface area contributed by atoms with Crippen molar-refractivity contribution in [1.82, 2.24) is 20.6 Å². The number of rotatable bonds is 5. The molecular formula is C15H20N5O3+. The Morgan fingerprint density at radius 2 is 2.04 bits per heavy atom. The first-order valence-corrected chi connectivity index (χ1v) is 7.36. The Hall–Kier alpha value is -2.74. The molecule has 122 valence electrons. The van der Waals surface area contributed by atoms with Gasteiger partial charge < -0.3 is 15.2 Å². The average molecular weight is 318 g/mol. The van der Waals surface area contributed by atoms with Crippen LogP contribution in [0.5, 0.6) is 0 Å². The van der Waals surface area contributed by atoms with E-state index in [2.05, 4.69) is 20.6 Å². The molecule has 8 heteroatoms. The van der Waals surface area contributed by atoms with Gasteiger partial charge in [-0.15, -0.1) is 0 Å². The molecule has 0 saturated heterocycles. The minimum Gasteiger partial charge on any atom is -0.341 e. The van der Waals surface area contributed by atoms with Crippen molar-refractivity contribution >= 4 is 22.8 Å². The van der Waals surface area contributed by atoms with E-state index in [0.717, 1.165) is 4.90 Å². The molecule has 2 aromatic rings. The first-order chi connectivity index (χ1) is 11.0. The predicted octanol–water partition coefficient (Wildman–Crippen LogP) is -1.22. The molecule has 1 unspecified atom stereocenters. The monoisotopic (exact) mass is 318 g/mol. The highest BCUT2D eigenvalue weighted by atomic mass is 16.2. The third kappa shape index (κ3) is 4.36. The normalized spacial score (nSPS) is 11.9. The van der Waals surface area contributed by atoms with Crippen molar-refractivity contribution in [2.45, 2.75) is 13.5 Å². The van der Waals surface area contributed by atoms with E-state index < -0.39 is 6.03 Å². The predicted molar refractivity (Wildman–Crippen MR) is 85.0 cm³/mol. The molecule has 1 aromatic heterocycles. The maximum Gasteiger partial charge on any atom is 0.321 e. The van der Waals surface area contributed by atoms with Crippen LogP contribution in [0.1, 0.15) is 12.7 Å². The largest absolute Gasteiger partial charge is 0.341 e. The van der Waals surface area contributed by atoms with Gasteiger partial charge in [-0.25, -0.2) is 9.78 Å². The standard InChI is InChI=1S/C15H19N5O3/c1-3-20(9-13(21)19-15(23)16-2)8-12-17-11-7-5-4-6-10(11)14(22)18-12/h4-7H,3,8-9H2,1-2H3,(H,17,18,22)(H2,16,19,21,23)/p+1. The Balaban J connectivity index is 2.11. The number of urea groups is 1. The Labute approximate surface area is 132 Å². The fraction of sp³-hybridized carbons (Fsp3) is 0.333. The van der Waals surface area contributed by atoms with Gasteiger partial charge in [0.1, 0.15) is 6.54 Å². The van der Waals surface area contributed by atoms with E-state index in [1.54, 1.807) is 18.2 Å². The molecule has 23 heavy (non-hydrogen) atoms. The van der Waals surface area contributed by atoms with Gasteiger partial charge in [-0.2, -0.15) is 0 Å². The summed E-state index contributed by atoms with van der Waals surface area (Å²) >= 11 is 0. The fourth-order valence-electron chi connectivity index (χ4n) is 2.23. The van der Waals surface area contributed by atoms with Crippen molar-refractivity contribution < 1.29 is 14.5 Å². The molecule has 0 aliphatic heterocycles. The van der Waals surface area contributed by atoms with Gasteiger partial charge in [-0.1, -0.05) is 12.1 Å². The number of amides is 3. The molecule has 8 nitrogen and oxygen atoms in total. The zero-order chi connectivity index (χ0) is 16.8. The molecule has 0 aliphatic carbocycles. The number of aromatic nitrogens is 2. The lowest BCUT2D eigenvalue weighted by Crippen LogP contribution is -3.11. The maximum atomic E-state index is 12.0. The number of H-pyrrole nitrogens is 1. The number of benzene rings is 1. The van der Waals surface area contributed by atoms with Crippen LogP contribution in [0.25, 0.3) is 10.9 Å². The van der Waals surface area contributed by atoms with E-state index in [-0.39, 0.29) is 18.0 Å². The molecule has 1 heterocycles. The number of carbonyl (C=O) groups excluding carboxylic acids is 2. The van der Waals surface area contributed by atoms with E-state index in [0.29, 0.717) is 29.8 Å². The van der Waals surface area contributed by atoms with Gasteiger partial charge in [-0.3, -0.25) is 14.9 Å². The van der Waals surface area contributed by atoms with Crippen molar-refractivity contribution in [2.75, 3.05) is 20.1 Å². The summed E-state index contributed by atoms with van der Waals surface area (Å²) in [5.41, 5.74) is 0.424. The number of carbonyl (C=O) groups is 2. The zero-order valence-electron chi connectivity index (χ0n) is 13.1. The van der Waals surface area contributed by atoms with Crippen LogP contribution in [0.4, 0.5) is 4.79 Å². The van der Waals surface area contributed by atoms with Crippen LogP contribution >= 0.6 is 0 Å². The van der Waals surface area contributed by atoms with Gasteiger partial charge in [-0.05, 0) is 19.1 Å². The highest BCUT2D eigenvalue weighted by molar-refractivity contribution is 5.94. The van der Waals surface area contributed by atoms with Crippen LogP contribution in [-0.2, 0) is 11.3 Å². The number of aromatic amines is 1. The second-order valence-corrected chi connectivity index (χ2v) is 5.11. The molecule has 0 saturated carbocycles. The summed E-state index contributed by atoms with van der Waals surface area (Å²) in [7, 11) is 1.44. The van der Waals surface area contributed by atoms with Gasteiger partial charge >= 0.3 is 6.03 Å². The Bertz CT molecular complexity index is 771. The van der Waals surface area contributed by atoms with Crippen LogP contribution < -0.4 is 21.1 Å². The lowest BCUT2D eigenvalue weighted by molar-refractivity contribution is -0.904. The van der Waals surface area contributed by atoms with Gasteiger partial charge in [0.15, 0.2) is 12.4 Å². The van der Waals surface area contributed by atoms with Crippen LogP contribution in [0, 0.1) is 0 Å². The molecule has 0 bridgehead atoms. The number of nitrogens with one attached hydrogen (secondary N) is 4. The summed E-state index contributed by atoms with van der Waals surface area (Å²) in [6, 6.07) is 6.55. The van der Waals surface area contributed by atoms with Crippen LogP contribution in [-0.4, -0.2) is 42.0 Å². The fourth-order valence-corrected chi connectivity index (χ4v) is 2.23. The van der Waals surface area contributed by atoms with Gasteiger partial charge in [0.05, 0.1) is 17.4 Å². The lowest BCUT2D eigenvalue weighted by atomic mass is 10.2. The summed E-state index contributed by atoms with van der Waals surface area (Å²) in [4.78, 5) is 43.0. The topological polar surface area (TPSA) is 108 Å². The van der Waals surface area contributed by atoms with Crippen LogP contribution in [0.2, 0.25) is 0 Å². The number of hydrogen-bond donors (Lipinski definition) is 4. The number of likely N-dealkylation sites (N-methyl/N-ethyl adjacent to an activating group) is 1. The number of imide groups is 1. The molecule has 3 amide bonds. The molecule has 0 aliphatic rings. The zero-order valence-corrected chi connectivity index (χ0v) is 13.1.